The average molecular weight is 279 g/mol. The van der Waals surface area contributed by atoms with E-state index in [0.717, 1.165) is 5.56 Å². The molecule has 0 saturated heterocycles. The van der Waals surface area contributed by atoms with Crippen LogP contribution in [0.2, 0.25) is 0 Å². The van der Waals surface area contributed by atoms with Crippen molar-refractivity contribution < 1.29 is 24.5 Å². The van der Waals surface area contributed by atoms with Crippen molar-refractivity contribution >= 4 is 18.0 Å². The van der Waals surface area contributed by atoms with Gasteiger partial charge in [-0.25, -0.2) is 4.79 Å². The van der Waals surface area contributed by atoms with Gasteiger partial charge in [0, 0.05) is 13.2 Å². The summed E-state index contributed by atoms with van der Waals surface area (Å²) in [5.41, 5.74) is 0.812. The van der Waals surface area contributed by atoms with E-state index in [-0.39, 0.29) is 6.61 Å². The number of nitrogens with one attached hydrogen (secondary N) is 1. The molecule has 0 saturated carbocycles. The topological polar surface area (TPSA) is 95.9 Å². The van der Waals surface area contributed by atoms with Crippen LogP contribution >= 0.6 is 0 Å². The summed E-state index contributed by atoms with van der Waals surface area (Å²) in [7, 11) is 1.33. The van der Waals surface area contributed by atoms with Gasteiger partial charge >= 0.3 is 5.97 Å². The number of aliphatic hydroxyl groups excluding tert-OH is 1. The van der Waals surface area contributed by atoms with E-state index in [1.54, 1.807) is 18.2 Å². The molecule has 1 amide bonds. The second-order valence-electron chi connectivity index (χ2n) is 4.09. The van der Waals surface area contributed by atoms with E-state index in [0.29, 0.717) is 0 Å². The summed E-state index contributed by atoms with van der Waals surface area (Å²) in [6.07, 6.45) is 1.45. The number of carbonyl (C=O) groups excluding carboxylic acids is 1. The smallest absolute Gasteiger partial charge is 0.329 e. The number of carboxylic acids is 1. The summed E-state index contributed by atoms with van der Waals surface area (Å²) in [4.78, 5) is 22.6. The number of methoxy groups -OCH3 is 1. The van der Waals surface area contributed by atoms with E-state index in [1.165, 1.54) is 13.2 Å². The zero-order chi connectivity index (χ0) is 15.0. The molecule has 0 aliphatic heterocycles. The van der Waals surface area contributed by atoms with Gasteiger partial charge in [0.05, 0.1) is 6.61 Å². The van der Waals surface area contributed by atoms with Crippen LogP contribution in [-0.4, -0.2) is 48.0 Å². The first-order valence-corrected chi connectivity index (χ1v) is 5.98. The Hall–Kier alpha value is -2.18. The SMILES string of the molecule is COCC(O)C(NC(=O)/C=C/c1ccccc1)C(=O)O. The lowest BCUT2D eigenvalue weighted by Crippen LogP contribution is -2.49. The van der Waals surface area contributed by atoms with Gasteiger partial charge in [-0.15, -0.1) is 0 Å². The fraction of sp³-hybridized carbons (Fsp3) is 0.286. The lowest BCUT2D eigenvalue weighted by Gasteiger charge is -2.18. The van der Waals surface area contributed by atoms with E-state index < -0.39 is 24.0 Å². The molecule has 6 nitrogen and oxygen atoms in total. The van der Waals surface area contributed by atoms with Gasteiger partial charge in [-0.05, 0) is 11.6 Å². The molecule has 2 unspecified atom stereocenters. The molecule has 1 aromatic carbocycles. The number of rotatable bonds is 7. The molecular formula is C14H17NO5. The first-order valence-electron chi connectivity index (χ1n) is 5.98. The highest BCUT2D eigenvalue weighted by Crippen LogP contribution is 2.01. The predicted molar refractivity (Wildman–Crippen MR) is 72.9 cm³/mol. The molecule has 0 aromatic heterocycles. The van der Waals surface area contributed by atoms with Crippen molar-refractivity contribution in [3.63, 3.8) is 0 Å². The van der Waals surface area contributed by atoms with Crippen LogP contribution in [0.1, 0.15) is 5.56 Å². The standard InChI is InChI=1S/C14H17NO5/c1-20-9-11(16)13(14(18)19)15-12(17)8-7-10-5-3-2-4-6-10/h2-8,11,13,16H,9H2,1H3,(H,15,17)(H,18,19)/b8-7+. The molecule has 0 aliphatic rings. The van der Waals surface area contributed by atoms with Gasteiger partial charge in [-0.3, -0.25) is 4.79 Å². The van der Waals surface area contributed by atoms with Gasteiger partial charge in [0.15, 0.2) is 6.04 Å². The zero-order valence-corrected chi connectivity index (χ0v) is 11.0. The summed E-state index contributed by atoms with van der Waals surface area (Å²) < 4.78 is 4.66. The van der Waals surface area contributed by atoms with Gasteiger partial charge in [0.25, 0.3) is 0 Å². The highest BCUT2D eigenvalue weighted by molar-refractivity contribution is 5.94. The molecule has 108 valence electrons. The van der Waals surface area contributed by atoms with Crippen molar-refractivity contribution in [2.24, 2.45) is 0 Å². The van der Waals surface area contributed by atoms with E-state index >= 15 is 0 Å². The van der Waals surface area contributed by atoms with Gasteiger partial charge in [0.2, 0.25) is 5.91 Å². The molecule has 20 heavy (non-hydrogen) atoms. The molecular weight excluding hydrogens is 262 g/mol. The van der Waals surface area contributed by atoms with Crippen LogP contribution in [0.4, 0.5) is 0 Å². The number of carboxylic acid groups (broad SMARTS) is 1. The Morgan fingerprint density at radius 3 is 2.55 bits per heavy atom. The maximum absolute atomic E-state index is 11.6. The quantitative estimate of drug-likeness (QED) is 0.623. The van der Waals surface area contributed by atoms with Crippen LogP contribution in [0.15, 0.2) is 36.4 Å². The maximum Gasteiger partial charge on any atom is 0.329 e. The van der Waals surface area contributed by atoms with Gasteiger partial charge in [-0.2, -0.15) is 0 Å². The molecule has 0 heterocycles. The zero-order valence-electron chi connectivity index (χ0n) is 11.0. The van der Waals surface area contributed by atoms with E-state index in [2.05, 4.69) is 10.1 Å². The molecule has 0 fully saturated rings. The lowest BCUT2D eigenvalue weighted by molar-refractivity contribution is -0.145. The van der Waals surface area contributed by atoms with Gasteiger partial charge < -0.3 is 20.3 Å². The molecule has 0 aliphatic carbocycles. The third-order valence-corrected chi connectivity index (χ3v) is 2.51. The summed E-state index contributed by atoms with van der Waals surface area (Å²) >= 11 is 0. The summed E-state index contributed by atoms with van der Waals surface area (Å²) in [5, 5.41) is 20.7. The third kappa shape index (κ3) is 5.21. The first-order chi connectivity index (χ1) is 9.54. The molecule has 0 spiro atoms. The molecule has 1 rings (SSSR count). The molecule has 0 bridgehead atoms. The number of aliphatic carboxylic acids is 1. The summed E-state index contributed by atoms with van der Waals surface area (Å²) in [6, 6.07) is 7.68. The molecule has 3 N–H and O–H groups in total. The number of aliphatic hydroxyl groups is 1. The Morgan fingerprint density at radius 1 is 1.35 bits per heavy atom. The Morgan fingerprint density at radius 2 is 2.00 bits per heavy atom. The minimum atomic E-state index is -1.41. The van der Waals surface area contributed by atoms with Gasteiger partial charge in [0.1, 0.15) is 6.10 Å². The second-order valence-corrected chi connectivity index (χ2v) is 4.09. The summed E-state index contributed by atoms with van der Waals surface area (Å²) in [5.74, 6) is -1.92. The average Bonchev–Trinajstić information content (AvgIpc) is 2.43. The molecule has 0 radical (unpaired) electrons. The Balaban J connectivity index is 2.63. The fourth-order valence-electron chi connectivity index (χ4n) is 1.53. The van der Waals surface area contributed by atoms with Crippen LogP contribution in [-0.2, 0) is 14.3 Å². The van der Waals surface area contributed by atoms with Crippen molar-refractivity contribution in [1.29, 1.82) is 0 Å². The number of carbonyl (C=O) groups is 2. The number of benzene rings is 1. The first kappa shape index (κ1) is 15.9. The van der Waals surface area contributed by atoms with E-state index in [9.17, 15) is 14.7 Å². The largest absolute Gasteiger partial charge is 0.480 e. The fourth-order valence-corrected chi connectivity index (χ4v) is 1.53. The second kappa shape index (κ2) is 8.08. The van der Waals surface area contributed by atoms with Crippen molar-refractivity contribution in [3.8, 4) is 0 Å². The van der Waals surface area contributed by atoms with E-state index in [1.807, 2.05) is 18.2 Å². The third-order valence-electron chi connectivity index (χ3n) is 2.51. The molecule has 6 heteroatoms. The predicted octanol–water partition coefficient (Wildman–Crippen LogP) is 0.276. The van der Waals surface area contributed by atoms with Gasteiger partial charge in [-0.1, -0.05) is 30.3 Å². The highest BCUT2D eigenvalue weighted by atomic mass is 16.5. The minimum Gasteiger partial charge on any atom is -0.480 e. The number of ether oxygens (including phenoxy) is 1. The lowest BCUT2D eigenvalue weighted by atomic mass is 10.1. The van der Waals surface area contributed by atoms with Crippen LogP contribution < -0.4 is 5.32 Å². The van der Waals surface area contributed by atoms with E-state index in [4.69, 9.17) is 5.11 Å². The van der Waals surface area contributed by atoms with Crippen molar-refractivity contribution in [1.82, 2.24) is 5.32 Å². The normalized spacial score (nSPS) is 13.9. The molecule has 1 aromatic rings. The maximum atomic E-state index is 11.6. The monoisotopic (exact) mass is 279 g/mol. The highest BCUT2D eigenvalue weighted by Gasteiger charge is 2.27. The van der Waals surface area contributed by atoms with Crippen molar-refractivity contribution in [3.05, 3.63) is 42.0 Å². The Bertz CT molecular complexity index is 472. The summed E-state index contributed by atoms with van der Waals surface area (Å²) in [6.45, 7) is -0.181. The minimum absolute atomic E-state index is 0.181. The molecule has 2 atom stereocenters. The van der Waals surface area contributed by atoms with Crippen LogP contribution in [0, 0.1) is 0 Å². The number of hydrogen-bond acceptors (Lipinski definition) is 4. The van der Waals surface area contributed by atoms with Crippen molar-refractivity contribution in [2.45, 2.75) is 12.1 Å². The van der Waals surface area contributed by atoms with Crippen LogP contribution in [0.5, 0.6) is 0 Å². The van der Waals surface area contributed by atoms with Crippen molar-refractivity contribution in [2.75, 3.05) is 13.7 Å². The Kier molecular flexibility index (Phi) is 6.42. The number of hydrogen-bond donors (Lipinski definition) is 3. The van der Waals surface area contributed by atoms with Crippen LogP contribution in [0.25, 0.3) is 6.08 Å². The Labute approximate surface area is 116 Å². The van der Waals surface area contributed by atoms with Crippen LogP contribution in [0.3, 0.4) is 0 Å². The number of amides is 1.